The third kappa shape index (κ3) is 5.92. The zero-order valence-corrected chi connectivity index (χ0v) is 18.9. The maximum Gasteiger partial charge on any atom is 0.275 e. The molecule has 0 aliphatic carbocycles. The Morgan fingerprint density at radius 2 is 1.34 bits per heavy atom. The number of benzene rings is 4. The normalized spacial score (nSPS) is 10.4. The van der Waals surface area contributed by atoms with Gasteiger partial charge in [0.05, 0.1) is 0 Å². The van der Waals surface area contributed by atoms with Gasteiger partial charge in [-0.15, -0.1) is 0 Å². The average Bonchev–Trinajstić information content (AvgIpc) is 2.92. The van der Waals surface area contributed by atoms with Gasteiger partial charge in [-0.2, -0.15) is 5.48 Å². The lowest BCUT2D eigenvalue weighted by Gasteiger charge is -2.14. The average molecular weight is 468 g/mol. The zero-order valence-electron chi connectivity index (χ0n) is 18.9. The minimum atomic E-state index is -0.553. The first-order valence-corrected chi connectivity index (χ1v) is 11.1. The number of carbonyl (C=O) groups excluding carboxylic acids is 2. The highest BCUT2D eigenvalue weighted by Gasteiger charge is 2.13. The van der Waals surface area contributed by atoms with Crippen molar-refractivity contribution >= 4 is 12.3 Å². The first-order chi connectivity index (χ1) is 17.2. The molecule has 7 nitrogen and oxygen atoms in total. The molecule has 4 N–H and O–H groups in total. The third-order valence-corrected chi connectivity index (χ3v) is 5.52. The molecule has 0 aromatic heterocycles. The first kappa shape index (κ1) is 23.7. The number of hydroxylamine groups is 2. The Bertz CT molecular complexity index is 1290. The van der Waals surface area contributed by atoms with Crippen molar-refractivity contribution in [3.63, 3.8) is 0 Å². The van der Waals surface area contributed by atoms with Crippen LogP contribution in [0.3, 0.4) is 0 Å². The van der Waals surface area contributed by atoms with E-state index in [2.05, 4.69) is 10.8 Å². The van der Waals surface area contributed by atoms with Crippen molar-refractivity contribution in [1.29, 1.82) is 0 Å². The van der Waals surface area contributed by atoms with Crippen LogP contribution in [0.25, 0.3) is 22.3 Å². The number of rotatable bonds is 10. The summed E-state index contributed by atoms with van der Waals surface area (Å²) in [5, 5.41) is 12.6. The van der Waals surface area contributed by atoms with Gasteiger partial charge in [-0.25, -0.2) is 5.48 Å². The SMILES string of the molecule is O=CNOc1ccc(CNCc2ccc(C(=O)NO)c(-c3ccccc3)c2)cc1-c1ccccc1. The van der Waals surface area contributed by atoms with E-state index in [-0.39, 0.29) is 0 Å². The Hall–Kier alpha value is -4.46. The third-order valence-electron chi connectivity index (χ3n) is 5.52. The van der Waals surface area contributed by atoms with Gasteiger partial charge in [0.15, 0.2) is 5.75 Å². The van der Waals surface area contributed by atoms with E-state index < -0.39 is 5.91 Å². The highest BCUT2D eigenvalue weighted by atomic mass is 16.7. The Labute approximate surface area is 203 Å². The fraction of sp³-hybridized carbons (Fsp3) is 0.0714. The molecule has 176 valence electrons. The minimum absolute atomic E-state index is 0.398. The Morgan fingerprint density at radius 1 is 0.771 bits per heavy atom. The van der Waals surface area contributed by atoms with Gasteiger partial charge in [0.25, 0.3) is 5.91 Å². The predicted molar refractivity (Wildman–Crippen MR) is 133 cm³/mol. The molecule has 0 unspecified atom stereocenters. The van der Waals surface area contributed by atoms with Gasteiger partial charge in [0.2, 0.25) is 6.41 Å². The van der Waals surface area contributed by atoms with E-state index in [9.17, 15) is 9.59 Å². The van der Waals surface area contributed by atoms with Crippen molar-refractivity contribution in [2.45, 2.75) is 13.1 Å². The lowest BCUT2D eigenvalue weighted by Crippen LogP contribution is -2.20. The molecule has 0 aliphatic heterocycles. The van der Waals surface area contributed by atoms with Gasteiger partial charge in [0, 0.05) is 24.2 Å². The van der Waals surface area contributed by atoms with E-state index >= 15 is 0 Å². The quantitative estimate of drug-likeness (QED) is 0.157. The summed E-state index contributed by atoms with van der Waals surface area (Å²) in [4.78, 5) is 28.2. The van der Waals surface area contributed by atoms with Crippen molar-refractivity contribution in [3.8, 4) is 28.0 Å². The van der Waals surface area contributed by atoms with Crippen molar-refractivity contribution in [2.24, 2.45) is 0 Å². The van der Waals surface area contributed by atoms with Gasteiger partial charge in [0.1, 0.15) is 0 Å². The molecule has 0 heterocycles. The summed E-state index contributed by atoms with van der Waals surface area (Å²) in [6.45, 7) is 1.17. The Kier molecular flexibility index (Phi) is 7.85. The molecule has 4 rings (SSSR count). The highest BCUT2D eigenvalue weighted by molar-refractivity contribution is 6.00. The molecule has 4 aromatic rings. The summed E-state index contributed by atoms with van der Waals surface area (Å²) in [6.07, 6.45) is 0.489. The van der Waals surface area contributed by atoms with E-state index in [4.69, 9.17) is 10.0 Å². The van der Waals surface area contributed by atoms with E-state index in [1.165, 1.54) is 0 Å². The van der Waals surface area contributed by atoms with Gasteiger partial charge in [-0.1, -0.05) is 72.8 Å². The van der Waals surface area contributed by atoms with Crippen LogP contribution in [-0.2, 0) is 17.9 Å². The summed E-state index contributed by atoms with van der Waals surface area (Å²) in [7, 11) is 0. The molecule has 35 heavy (non-hydrogen) atoms. The van der Waals surface area contributed by atoms with Crippen molar-refractivity contribution in [2.75, 3.05) is 0 Å². The smallest absolute Gasteiger partial charge is 0.275 e. The van der Waals surface area contributed by atoms with Crippen molar-refractivity contribution in [3.05, 3.63) is 114 Å². The molecular formula is C28H25N3O4. The largest absolute Gasteiger partial charge is 0.379 e. The fourth-order valence-corrected chi connectivity index (χ4v) is 3.87. The summed E-state index contributed by atoms with van der Waals surface area (Å²) < 4.78 is 0. The molecule has 4 aromatic carbocycles. The summed E-state index contributed by atoms with van der Waals surface area (Å²) in [5.74, 6) is 0.000447. The molecule has 0 fully saturated rings. The zero-order chi connectivity index (χ0) is 24.5. The van der Waals surface area contributed by atoms with Crippen LogP contribution < -0.4 is 21.1 Å². The second-order valence-corrected chi connectivity index (χ2v) is 7.82. The van der Waals surface area contributed by atoms with Crippen LogP contribution in [0.4, 0.5) is 0 Å². The van der Waals surface area contributed by atoms with E-state index in [1.807, 2.05) is 91.0 Å². The maximum atomic E-state index is 12.1. The molecule has 0 aliphatic rings. The molecule has 7 heteroatoms. The molecule has 0 saturated carbocycles. The van der Waals surface area contributed by atoms with Crippen LogP contribution in [0.2, 0.25) is 0 Å². The topological polar surface area (TPSA) is 99.7 Å². The summed E-state index contributed by atoms with van der Waals surface area (Å²) in [6, 6.07) is 30.7. The van der Waals surface area contributed by atoms with Gasteiger partial charge in [-0.3, -0.25) is 14.8 Å². The molecule has 0 atom stereocenters. The second kappa shape index (κ2) is 11.6. The molecule has 0 saturated heterocycles. The predicted octanol–water partition coefficient (Wildman–Crippen LogP) is 4.47. The van der Waals surface area contributed by atoms with Crippen LogP contribution in [0.15, 0.2) is 97.1 Å². The Balaban J connectivity index is 1.52. The van der Waals surface area contributed by atoms with E-state index in [1.54, 1.807) is 11.5 Å². The number of carbonyl (C=O) groups is 2. The van der Waals surface area contributed by atoms with Crippen LogP contribution in [-0.4, -0.2) is 17.5 Å². The summed E-state index contributed by atoms with van der Waals surface area (Å²) >= 11 is 0. The maximum absolute atomic E-state index is 12.1. The van der Waals surface area contributed by atoms with Gasteiger partial charge >= 0.3 is 0 Å². The summed E-state index contributed by atoms with van der Waals surface area (Å²) in [5.41, 5.74) is 9.89. The standard InChI is InChI=1S/C28H25N3O4/c32-19-30-35-27-14-12-21(16-26(27)23-9-5-2-6-10-23)18-29-17-20-11-13-24(28(33)31-34)25(15-20)22-7-3-1-4-8-22/h1-16,19,29,34H,17-18H2,(H,30,32)(H,31,33). The van der Waals surface area contributed by atoms with Gasteiger partial charge in [-0.05, 0) is 52.1 Å². The van der Waals surface area contributed by atoms with Crippen LogP contribution in [0, 0.1) is 0 Å². The highest BCUT2D eigenvalue weighted by Crippen LogP contribution is 2.31. The monoisotopic (exact) mass is 467 g/mol. The van der Waals surface area contributed by atoms with E-state index in [0.717, 1.165) is 33.4 Å². The molecule has 0 bridgehead atoms. The molecule has 0 radical (unpaired) electrons. The van der Waals surface area contributed by atoms with Crippen LogP contribution in [0.1, 0.15) is 21.5 Å². The first-order valence-electron chi connectivity index (χ1n) is 11.1. The number of hydrogen-bond acceptors (Lipinski definition) is 5. The van der Waals surface area contributed by atoms with E-state index in [0.29, 0.717) is 30.8 Å². The number of hydrogen-bond donors (Lipinski definition) is 4. The Morgan fingerprint density at radius 3 is 1.94 bits per heavy atom. The lowest BCUT2D eigenvalue weighted by atomic mass is 9.96. The lowest BCUT2D eigenvalue weighted by molar-refractivity contribution is -0.115. The van der Waals surface area contributed by atoms with Crippen LogP contribution in [0.5, 0.6) is 5.75 Å². The fourth-order valence-electron chi connectivity index (χ4n) is 3.87. The second-order valence-electron chi connectivity index (χ2n) is 7.82. The molecular weight excluding hydrogens is 442 g/mol. The van der Waals surface area contributed by atoms with Crippen molar-refractivity contribution < 1.29 is 19.6 Å². The molecule has 2 amide bonds. The minimum Gasteiger partial charge on any atom is -0.379 e. The van der Waals surface area contributed by atoms with Crippen molar-refractivity contribution in [1.82, 2.24) is 16.3 Å². The van der Waals surface area contributed by atoms with Crippen LogP contribution >= 0.6 is 0 Å². The molecule has 0 spiro atoms. The number of nitrogens with one attached hydrogen (secondary N) is 3. The number of amides is 2. The van der Waals surface area contributed by atoms with Gasteiger partial charge < -0.3 is 10.2 Å².